The second-order valence-electron chi connectivity index (χ2n) is 6.24. The Bertz CT molecular complexity index is 671. The van der Waals surface area contributed by atoms with Crippen molar-refractivity contribution >= 4 is 10.0 Å². The number of halogens is 1. The molecule has 2 rings (SSSR count). The number of nitrogens with one attached hydrogen (secondary N) is 1. The van der Waals surface area contributed by atoms with Crippen LogP contribution in [0.15, 0.2) is 17.0 Å². The van der Waals surface area contributed by atoms with Crippen LogP contribution in [0.3, 0.4) is 0 Å². The second-order valence-corrected chi connectivity index (χ2v) is 7.97. The first-order valence-corrected chi connectivity index (χ1v) is 9.50. The molecule has 0 unspecified atom stereocenters. The van der Waals surface area contributed by atoms with Gasteiger partial charge in [0.2, 0.25) is 10.0 Å². The number of sulfonamides is 1. The third-order valence-corrected chi connectivity index (χ3v) is 5.86. The monoisotopic (exact) mass is 360 g/mol. The van der Waals surface area contributed by atoms with Crippen LogP contribution in [0.25, 0.3) is 0 Å². The van der Waals surface area contributed by atoms with E-state index in [0.717, 1.165) is 50.7 Å². The molecular formula is C16H25FN2O4S. The predicted octanol–water partition coefficient (Wildman–Crippen LogP) is 2.17. The Morgan fingerprint density at radius 3 is 2.21 bits per heavy atom. The number of methoxy groups -OCH3 is 2. The van der Waals surface area contributed by atoms with Gasteiger partial charge < -0.3 is 15.2 Å². The average molecular weight is 360 g/mol. The fourth-order valence-corrected chi connectivity index (χ4v) is 4.18. The molecule has 1 aromatic carbocycles. The molecule has 0 saturated heterocycles. The van der Waals surface area contributed by atoms with Gasteiger partial charge in [0, 0.05) is 24.2 Å². The number of benzene rings is 1. The van der Waals surface area contributed by atoms with Crippen LogP contribution in [0.5, 0.6) is 11.5 Å². The van der Waals surface area contributed by atoms with Crippen molar-refractivity contribution in [3.8, 4) is 11.5 Å². The zero-order valence-corrected chi connectivity index (χ0v) is 14.9. The summed E-state index contributed by atoms with van der Waals surface area (Å²) in [5.74, 6) is -0.615. The molecule has 24 heavy (non-hydrogen) atoms. The van der Waals surface area contributed by atoms with E-state index in [0.29, 0.717) is 0 Å². The SMILES string of the molecule is COc1cc(F)c(S(=O)(=O)NCC2(N)CCCCCC2)cc1OC. The van der Waals surface area contributed by atoms with Gasteiger partial charge in [-0.1, -0.05) is 25.7 Å². The lowest BCUT2D eigenvalue weighted by atomic mass is 9.92. The summed E-state index contributed by atoms with van der Waals surface area (Å²) >= 11 is 0. The Kier molecular flexibility index (Phi) is 6.06. The molecule has 0 spiro atoms. The highest BCUT2D eigenvalue weighted by atomic mass is 32.2. The van der Waals surface area contributed by atoms with E-state index in [2.05, 4.69) is 4.72 Å². The van der Waals surface area contributed by atoms with Gasteiger partial charge in [0.05, 0.1) is 14.2 Å². The molecule has 3 N–H and O–H groups in total. The van der Waals surface area contributed by atoms with E-state index < -0.39 is 26.3 Å². The first-order valence-electron chi connectivity index (χ1n) is 8.01. The van der Waals surface area contributed by atoms with Crippen molar-refractivity contribution in [1.82, 2.24) is 4.72 Å². The lowest BCUT2D eigenvalue weighted by Gasteiger charge is -2.28. The molecule has 1 aromatic rings. The molecule has 0 atom stereocenters. The molecule has 0 aliphatic heterocycles. The zero-order chi connectivity index (χ0) is 17.8. The number of rotatable bonds is 6. The number of ether oxygens (including phenoxy) is 2. The smallest absolute Gasteiger partial charge is 0.243 e. The lowest BCUT2D eigenvalue weighted by Crippen LogP contribution is -2.49. The van der Waals surface area contributed by atoms with Gasteiger partial charge in [-0.15, -0.1) is 0 Å². The van der Waals surface area contributed by atoms with Gasteiger partial charge in [-0.2, -0.15) is 0 Å². The van der Waals surface area contributed by atoms with Crippen LogP contribution in [-0.2, 0) is 10.0 Å². The Morgan fingerprint density at radius 2 is 1.67 bits per heavy atom. The lowest BCUT2D eigenvalue weighted by molar-refractivity contribution is 0.349. The molecule has 6 nitrogen and oxygen atoms in total. The molecule has 1 aliphatic rings. The van der Waals surface area contributed by atoms with Crippen LogP contribution < -0.4 is 19.9 Å². The Hall–Kier alpha value is -1.38. The highest BCUT2D eigenvalue weighted by Crippen LogP contribution is 2.32. The normalized spacial score (nSPS) is 18.0. The van der Waals surface area contributed by atoms with E-state index in [1.807, 2.05) is 0 Å². The topological polar surface area (TPSA) is 90.7 Å². The highest BCUT2D eigenvalue weighted by Gasteiger charge is 2.30. The first kappa shape index (κ1) is 19.0. The summed E-state index contributed by atoms with van der Waals surface area (Å²) in [5.41, 5.74) is 5.73. The molecule has 0 heterocycles. The molecule has 0 radical (unpaired) electrons. The van der Waals surface area contributed by atoms with E-state index in [4.69, 9.17) is 15.2 Å². The van der Waals surface area contributed by atoms with Crippen molar-refractivity contribution in [2.24, 2.45) is 5.73 Å². The van der Waals surface area contributed by atoms with E-state index in [1.165, 1.54) is 14.2 Å². The summed E-state index contributed by atoms with van der Waals surface area (Å²) in [6, 6.07) is 2.12. The van der Waals surface area contributed by atoms with E-state index in [-0.39, 0.29) is 18.0 Å². The highest BCUT2D eigenvalue weighted by molar-refractivity contribution is 7.89. The van der Waals surface area contributed by atoms with Gasteiger partial charge in [0.1, 0.15) is 10.7 Å². The average Bonchev–Trinajstić information content (AvgIpc) is 2.78. The number of nitrogens with two attached hydrogens (primary N) is 1. The zero-order valence-electron chi connectivity index (χ0n) is 14.1. The quantitative estimate of drug-likeness (QED) is 0.759. The summed E-state index contributed by atoms with van der Waals surface area (Å²) in [6.45, 7) is 0.0864. The molecular weight excluding hydrogens is 335 g/mol. The fraction of sp³-hybridized carbons (Fsp3) is 0.625. The van der Waals surface area contributed by atoms with Gasteiger partial charge in [0.15, 0.2) is 11.5 Å². The predicted molar refractivity (Wildman–Crippen MR) is 89.3 cm³/mol. The van der Waals surface area contributed by atoms with Gasteiger partial charge in [-0.05, 0) is 12.8 Å². The van der Waals surface area contributed by atoms with Gasteiger partial charge >= 0.3 is 0 Å². The molecule has 8 heteroatoms. The second kappa shape index (κ2) is 7.67. The molecule has 136 valence electrons. The summed E-state index contributed by atoms with van der Waals surface area (Å²) in [4.78, 5) is -0.475. The van der Waals surface area contributed by atoms with Crippen LogP contribution in [0, 0.1) is 5.82 Å². The minimum Gasteiger partial charge on any atom is -0.493 e. The Morgan fingerprint density at radius 1 is 1.12 bits per heavy atom. The molecule has 0 amide bonds. The molecule has 0 bridgehead atoms. The van der Waals surface area contributed by atoms with Gasteiger partial charge in [-0.3, -0.25) is 0 Å². The fourth-order valence-electron chi connectivity index (χ4n) is 2.97. The van der Waals surface area contributed by atoms with Gasteiger partial charge in [0.25, 0.3) is 0 Å². The minimum absolute atomic E-state index is 0.0864. The van der Waals surface area contributed by atoms with Crippen LogP contribution in [0.1, 0.15) is 38.5 Å². The van der Waals surface area contributed by atoms with Gasteiger partial charge in [-0.25, -0.2) is 17.5 Å². The van der Waals surface area contributed by atoms with E-state index >= 15 is 0 Å². The van der Waals surface area contributed by atoms with E-state index in [1.54, 1.807) is 0 Å². The van der Waals surface area contributed by atoms with Crippen LogP contribution in [-0.4, -0.2) is 34.7 Å². The Labute approximate surface area is 142 Å². The van der Waals surface area contributed by atoms with Crippen molar-refractivity contribution in [2.75, 3.05) is 20.8 Å². The maximum atomic E-state index is 14.2. The summed E-state index contributed by atoms with van der Waals surface area (Å²) in [6.07, 6.45) is 5.67. The Balaban J connectivity index is 2.21. The van der Waals surface area contributed by atoms with Crippen LogP contribution in [0.4, 0.5) is 4.39 Å². The number of hydrogen-bond donors (Lipinski definition) is 2. The maximum Gasteiger partial charge on any atom is 0.243 e. The molecule has 1 fully saturated rings. The van der Waals surface area contributed by atoms with E-state index in [9.17, 15) is 12.8 Å². The minimum atomic E-state index is -4.04. The largest absolute Gasteiger partial charge is 0.493 e. The first-order chi connectivity index (χ1) is 11.3. The van der Waals surface area contributed by atoms with Crippen molar-refractivity contribution in [3.05, 3.63) is 17.9 Å². The van der Waals surface area contributed by atoms with Crippen LogP contribution in [0.2, 0.25) is 0 Å². The van der Waals surface area contributed by atoms with Crippen molar-refractivity contribution in [3.63, 3.8) is 0 Å². The molecule has 0 aromatic heterocycles. The summed E-state index contributed by atoms with van der Waals surface area (Å²) in [7, 11) is -1.32. The third-order valence-electron chi connectivity index (χ3n) is 4.44. The summed E-state index contributed by atoms with van der Waals surface area (Å²) in [5, 5.41) is 0. The summed E-state index contributed by atoms with van der Waals surface area (Å²) < 4.78 is 51.6. The molecule has 1 saturated carbocycles. The number of hydrogen-bond acceptors (Lipinski definition) is 5. The van der Waals surface area contributed by atoms with Crippen molar-refractivity contribution in [2.45, 2.75) is 49.0 Å². The van der Waals surface area contributed by atoms with Crippen LogP contribution >= 0.6 is 0 Å². The van der Waals surface area contributed by atoms with Crippen molar-refractivity contribution < 1.29 is 22.3 Å². The third kappa shape index (κ3) is 4.37. The standard InChI is InChI=1S/C16H25FN2O4S/c1-22-13-9-12(17)15(10-14(13)23-2)24(20,21)19-11-16(18)7-5-3-4-6-8-16/h9-10,19H,3-8,11,18H2,1-2H3. The maximum absolute atomic E-state index is 14.2. The van der Waals surface area contributed by atoms with Crippen molar-refractivity contribution in [1.29, 1.82) is 0 Å². The molecule has 1 aliphatic carbocycles.